The van der Waals surface area contributed by atoms with E-state index in [-0.39, 0.29) is 23.6 Å². The lowest BCUT2D eigenvalue weighted by molar-refractivity contribution is -0.139. The molecule has 35 heavy (non-hydrogen) atoms. The van der Waals surface area contributed by atoms with E-state index in [1.54, 1.807) is 36.4 Å². The normalized spacial score (nSPS) is 12.1. The highest BCUT2D eigenvalue weighted by Crippen LogP contribution is 2.27. The molecule has 0 radical (unpaired) electrons. The number of carbonyl (C=O) groups is 2. The maximum atomic E-state index is 12.9. The van der Waals surface area contributed by atoms with E-state index >= 15 is 0 Å². The largest absolute Gasteiger partial charge is 0.492 e. The number of pyridine rings is 1. The number of para-hydroxylation sites is 1. The topological polar surface area (TPSA) is 110 Å². The van der Waals surface area contributed by atoms with E-state index in [9.17, 15) is 22.8 Å². The smallest absolute Gasteiger partial charge is 0.392 e. The number of ether oxygens (including phenoxy) is 2. The number of nitrogens with zero attached hydrogens (tertiary/aromatic N) is 1. The lowest BCUT2D eigenvalue weighted by Gasteiger charge is -2.18. The van der Waals surface area contributed by atoms with Crippen LogP contribution in [0.2, 0.25) is 0 Å². The van der Waals surface area contributed by atoms with Crippen molar-refractivity contribution in [3.05, 3.63) is 65.9 Å². The number of benzene rings is 2. The standard InChI is InChI=1S/C24H24F3N3O5/c1-2-16(14-35-17-9-7-15(8-10-17)22(31)30-33)28-23(32)20-13-21(34-12-11-24(25,26)27)18-5-3-4-6-19(18)29-20/h3-10,13,16,33H,2,11-12,14H2,1H3,(H,28,32)(H,30,31)/t16-/m0/s1. The number of carbonyl (C=O) groups excluding carboxylic acids is 2. The second-order valence-electron chi connectivity index (χ2n) is 7.59. The van der Waals surface area contributed by atoms with Crippen LogP contribution in [0.25, 0.3) is 10.9 Å². The molecule has 11 heteroatoms. The average Bonchev–Trinajstić information content (AvgIpc) is 2.85. The molecule has 3 N–H and O–H groups in total. The first kappa shape index (κ1) is 25.8. The molecule has 0 saturated heterocycles. The van der Waals surface area contributed by atoms with Crippen LogP contribution in [-0.4, -0.2) is 47.4 Å². The summed E-state index contributed by atoms with van der Waals surface area (Å²) in [5, 5.41) is 12.0. The molecule has 1 aromatic heterocycles. The zero-order valence-electron chi connectivity index (χ0n) is 18.8. The van der Waals surface area contributed by atoms with Crippen molar-refractivity contribution in [2.75, 3.05) is 13.2 Å². The monoisotopic (exact) mass is 491 g/mol. The average molecular weight is 491 g/mol. The summed E-state index contributed by atoms with van der Waals surface area (Å²) in [4.78, 5) is 28.6. The quantitative estimate of drug-likeness (QED) is 0.289. The summed E-state index contributed by atoms with van der Waals surface area (Å²) in [6, 6.07) is 13.7. The van der Waals surface area contributed by atoms with Crippen molar-refractivity contribution in [2.24, 2.45) is 0 Å². The van der Waals surface area contributed by atoms with Crippen LogP contribution in [0.3, 0.4) is 0 Å². The second-order valence-corrected chi connectivity index (χ2v) is 7.59. The Bertz CT molecular complexity index is 1170. The highest BCUT2D eigenvalue weighted by atomic mass is 19.4. The van der Waals surface area contributed by atoms with Gasteiger partial charge in [0.25, 0.3) is 11.8 Å². The fourth-order valence-corrected chi connectivity index (χ4v) is 3.14. The summed E-state index contributed by atoms with van der Waals surface area (Å²) in [6.07, 6.45) is -4.95. The maximum absolute atomic E-state index is 12.9. The molecule has 2 amide bonds. The SMILES string of the molecule is CC[C@@H](COc1ccc(C(=O)NO)cc1)NC(=O)c1cc(OCCC(F)(F)F)c2ccccc2n1. The van der Waals surface area contributed by atoms with E-state index in [4.69, 9.17) is 14.7 Å². The van der Waals surface area contributed by atoms with E-state index < -0.39 is 37.1 Å². The van der Waals surface area contributed by atoms with Gasteiger partial charge in [-0.3, -0.25) is 14.8 Å². The van der Waals surface area contributed by atoms with Gasteiger partial charge < -0.3 is 14.8 Å². The molecule has 0 spiro atoms. The zero-order chi connectivity index (χ0) is 25.4. The molecular formula is C24H24F3N3O5. The molecule has 3 rings (SSSR count). The number of hydroxylamine groups is 1. The molecule has 0 aliphatic heterocycles. The number of alkyl halides is 3. The maximum Gasteiger partial charge on any atom is 0.392 e. The van der Waals surface area contributed by atoms with Gasteiger partial charge in [-0.05, 0) is 42.8 Å². The Labute approximate surface area is 199 Å². The van der Waals surface area contributed by atoms with E-state index in [1.165, 1.54) is 23.7 Å². The summed E-state index contributed by atoms with van der Waals surface area (Å²) < 4.78 is 48.6. The van der Waals surface area contributed by atoms with Gasteiger partial charge in [-0.1, -0.05) is 19.1 Å². The molecule has 1 heterocycles. The minimum absolute atomic E-state index is 0.00327. The van der Waals surface area contributed by atoms with Gasteiger partial charge in [0.2, 0.25) is 0 Å². The van der Waals surface area contributed by atoms with Crippen molar-refractivity contribution in [3.8, 4) is 11.5 Å². The van der Waals surface area contributed by atoms with Crippen molar-refractivity contribution in [1.82, 2.24) is 15.8 Å². The van der Waals surface area contributed by atoms with Gasteiger partial charge >= 0.3 is 6.18 Å². The first-order chi connectivity index (χ1) is 16.7. The molecular weight excluding hydrogens is 467 g/mol. The van der Waals surface area contributed by atoms with Gasteiger partial charge in [0.1, 0.15) is 23.8 Å². The van der Waals surface area contributed by atoms with E-state index in [0.29, 0.717) is 23.1 Å². The summed E-state index contributed by atoms with van der Waals surface area (Å²) in [7, 11) is 0. The third kappa shape index (κ3) is 7.31. The molecule has 0 aliphatic rings. The first-order valence-electron chi connectivity index (χ1n) is 10.8. The molecule has 0 saturated carbocycles. The van der Waals surface area contributed by atoms with Gasteiger partial charge in [-0.25, -0.2) is 10.5 Å². The number of nitrogens with one attached hydrogen (secondary N) is 2. The van der Waals surface area contributed by atoms with E-state index in [2.05, 4.69) is 10.3 Å². The van der Waals surface area contributed by atoms with Crippen molar-refractivity contribution in [3.63, 3.8) is 0 Å². The van der Waals surface area contributed by atoms with Crippen LogP contribution in [-0.2, 0) is 0 Å². The zero-order valence-corrected chi connectivity index (χ0v) is 18.8. The number of aromatic nitrogens is 1. The van der Waals surface area contributed by atoms with Crippen LogP contribution in [0.5, 0.6) is 11.5 Å². The van der Waals surface area contributed by atoms with Crippen LogP contribution in [0, 0.1) is 0 Å². The predicted molar refractivity (Wildman–Crippen MR) is 121 cm³/mol. The van der Waals surface area contributed by atoms with Crippen molar-refractivity contribution >= 4 is 22.7 Å². The minimum Gasteiger partial charge on any atom is -0.492 e. The number of halogens is 3. The van der Waals surface area contributed by atoms with Crippen LogP contribution in [0.15, 0.2) is 54.6 Å². The van der Waals surface area contributed by atoms with Crippen LogP contribution in [0.1, 0.15) is 40.6 Å². The molecule has 0 fully saturated rings. The molecule has 0 aliphatic carbocycles. The summed E-state index contributed by atoms with van der Waals surface area (Å²) in [6.45, 7) is 1.39. The van der Waals surface area contributed by atoms with Gasteiger partial charge in [0.05, 0.1) is 24.6 Å². The minimum atomic E-state index is -4.36. The second kappa shape index (κ2) is 11.5. The lowest BCUT2D eigenvalue weighted by atomic mass is 10.1. The Balaban J connectivity index is 1.68. The van der Waals surface area contributed by atoms with Gasteiger partial charge in [-0.15, -0.1) is 0 Å². The van der Waals surface area contributed by atoms with Gasteiger partial charge in [-0.2, -0.15) is 13.2 Å². The first-order valence-corrected chi connectivity index (χ1v) is 10.8. The molecule has 8 nitrogen and oxygen atoms in total. The Kier molecular flexibility index (Phi) is 8.48. The summed E-state index contributed by atoms with van der Waals surface area (Å²) in [5.74, 6) is -0.584. The van der Waals surface area contributed by atoms with Crippen LogP contribution >= 0.6 is 0 Å². The fourth-order valence-electron chi connectivity index (χ4n) is 3.14. The molecule has 2 aromatic carbocycles. The number of hydrogen-bond acceptors (Lipinski definition) is 6. The van der Waals surface area contributed by atoms with E-state index in [0.717, 1.165) is 0 Å². The van der Waals surface area contributed by atoms with Gasteiger partial charge in [0, 0.05) is 17.0 Å². The Morgan fingerprint density at radius 1 is 1.06 bits per heavy atom. The number of rotatable bonds is 10. The summed E-state index contributed by atoms with van der Waals surface area (Å²) >= 11 is 0. The van der Waals surface area contributed by atoms with Gasteiger partial charge in [0.15, 0.2) is 0 Å². The molecule has 0 unspecified atom stereocenters. The van der Waals surface area contributed by atoms with Crippen LogP contribution in [0.4, 0.5) is 13.2 Å². The lowest BCUT2D eigenvalue weighted by Crippen LogP contribution is -2.39. The Morgan fingerprint density at radius 3 is 2.43 bits per heavy atom. The Morgan fingerprint density at radius 2 is 1.77 bits per heavy atom. The number of amides is 2. The third-order valence-electron chi connectivity index (χ3n) is 5.05. The predicted octanol–water partition coefficient (Wildman–Crippen LogP) is 4.27. The van der Waals surface area contributed by atoms with Crippen LogP contribution < -0.4 is 20.3 Å². The highest BCUT2D eigenvalue weighted by Gasteiger charge is 2.27. The van der Waals surface area contributed by atoms with Crippen molar-refractivity contribution < 1.29 is 37.4 Å². The molecule has 0 bridgehead atoms. The van der Waals surface area contributed by atoms with Crippen molar-refractivity contribution in [1.29, 1.82) is 0 Å². The van der Waals surface area contributed by atoms with E-state index in [1.807, 2.05) is 6.92 Å². The van der Waals surface area contributed by atoms with Crippen molar-refractivity contribution in [2.45, 2.75) is 32.0 Å². The Hall–Kier alpha value is -3.86. The fraction of sp³-hybridized carbons (Fsp3) is 0.292. The molecule has 186 valence electrons. The molecule has 1 atom stereocenters. The number of fused-ring (bicyclic) bond motifs is 1. The number of hydrogen-bond donors (Lipinski definition) is 3. The molecule has 3 aromatic rings. The summed E-state index contributed by atoms with van der Waals surface area (Å²) in [5.41, 5.74) is 2.20. The third-order valence-corrected chi connectivity index (χ3v) is 5.05. The highest BCUT2D eigenvalue weighted by molar-refractivity contribution is 5.97.